The molecule has 1 aliphatic heterocycles. The van der Waals surface area contributed by atoms with Crippen LogP contribution in [0.2, 0.25) is 0 Å². The second-order valence-corrected chi connectivity index (χ2v) is 6.13. The number of carbonyl (C=O) groups is 1. The van der Waals surface area contributed by atoms with Crippen molar-refractivity contribution in [1.82, 2.24) is 0 Å². The van der Waals surface area contributed by atoms with E-state index >= 15 is 0 Å². The number of benzene rings is 1. The molecule has 0 unspecified atom stereocenters. The number of aliphatic hydroxyl groups is 4. The van der Waals surface area contributed by atoms with Crippen LogP contribution in [0.1, 0.15) is 6.92 Å². The van der Waals surface area contributed by atoms with E-state index in [1.54, 1.807) is 0 Å². The first-order valence-corrected chi connectivity index (χ1v) is 8.18. The fourth-order valence-electron chi connectivity index (χ4n) is 2.77. The summed E-state index contributed by atoms with van der Waals surface area (Å²) in [5, 5.41) is 49.1. The fourth-order valence-corrected chi connectivity index (χ4v) is 2.77. The maximum absolute atomic E-state index is 11.9. The van der Waals surface area contributed by atoms with Crippen molar-refractivity contribution in [3.8, 4) is 17.2 Å². The van der Waals surface area contributed by atoms with Crippen LogP contribution in [0.5, 0.6) is 17.2 Å². The summed E-state index contributed by atoms with van der Waals surface area (Å²) < 4.78 is 20.4. The van der Waals surface area contributed by atoms with E-state index in [1.807, 2.05) is 0 Å². The number of aliphatic hydroxyl groups excluding tert-OH is 4. The quantitative estimate of drug-likeness (QED) is 0.233. The van der Waals surface area contributed by atoms with Crippen LogP contribution in [0.3, 0.4) is 0 Å². The van der Waals surface area contributed by atoms with E-state index < -0.39 is 60.4 Å². The van der Waals surface area contributed by atoms with Crippen LogP contribution in [-0.2, 0) is 9.53 Å². The third kappa shape index (κ3) is 3.66. The first-order chi connectivity index (χ1) is 13.2. The van der Waals surface area contributed by atoms with Crippen LogP contribution in [0.15, 0.2) is 27.4 Å². The zero-order valence-corrected chi connectivity index (χ0v) is 14.5. The predicted octanol–water partition coefficient (Wildman–Crippen LogP) is -1.40. The summed E-state index contributed by atoms with van der Waals surface area (Å²) in [4.78, 5) is 23.0. The second-order valence-electron chi connectivity index (χ2n) is 6.13. The molecule has 1 saturated heterocycles. The van der Waals surface area contributed by atoms with Crippen LogP contribution >= 0.6 is 0 Å². The molecule has 11 nitrogen and oxygen atoms in total. The third-order valence-electron chi connectivity index (χ3n) is 4.15. The van der Waals surface area contributed by atoms with E-state index in [-0.39, 0.29) is 16.7 Å². The Morgan fingerprint density at radius 3 is 2.54 bits per heavy atom. The highest BCUT2D eigenvalue weighted by molar-refractivity contribution is 5.87. The Bertz CT molecular complexity index is 935. The van der Waals surface area contributed by atoms with Crippen LogP contribution in [0.4, 0.5) is 0 Å². The van der Waals surface area contributed by atoms with Crippen LogP contribution in [-0.4, -0.2) is 68.8 Å². The molecule has 2 aromatic rings. The number of rotatable bonds is 4. The van der Waals surface area contributed by atoms with E-state index in [0.29, 0.717) is 0 Å². The lowest BCUT2D eigenvalue weighted by atomic mass is 9.99. The molecule has 1 aliphatic rings. The van der Waals surface area contributed by atoms with Gasteiger partial charge in [0.2, 0.25) is 12.0 Å². The van der Waals surface area contributed by atoms with E-state index in [1.165, 1.54) is 25.1 Å². The lowest BCUT2D eigenvalue weighted by Crippen LogP contribution is -2.60. The Balaban J connectivity index is 2.01. The molecule has 0 radical (unpaired) electrons. The van der Waals surface area contributed by atoms with Crippen molar-refractivity contribution in [2.75, 3.05) is 6.61 Å². The van der Waals surface area contributed by atoms with Crippen molar-refractivity contribution in [3.63, 3.8) is 0 Å². The zero-order chi connectivity index (χ0) is 20.6. The molecule has 0 spiro atoms. The molecule has 152 valence electrons. The first-order valence-electron chi connectivity index (χ1n) is 8.18. The monoisotopic (exact) mass is 398 g/mol. The van der Waals surface area contributed by atoms with Crippen LogP contribution < -0.4 is 15.1 Å². The summed E-state index contributed by atoms with van der Waals surface area (Å²) in [6.07, 6.45) is -7.93. The van der Waals surface area contributed by atoms with E-state index in [0.717, 1.165) is 0 Å². The summed E-state index contributed by atoms with van der Waals surface area (Å²) in [6, 6.07) is 3.90. The van der Waals surface area contributed by atoms with Gasteiger partial charge in [0.05, 0.1) is 12.0 Å². The average Bonchev–Trinajstić information content (AvgIpc) is 2.64. The molecule has 11 heteroatoms. The first kappa shape index (κ1) is 20.0. The number of aromatic hydroxyl groups is 1. The Hall–Kier alpha value is -2.70. The van der Waals surface area contributed by atoms with Gasteiger partial charge in [-0.25, -0.2) is 4.79 Å². The van der Waals surface area contributed by atoms with Crippen LogP contribution in [0.25, 0.3) is 11.0 Å². The minimum atomic E-state index is -1.75. The Kier molecular flexibility index (Phi) is 5.54. The predicted molar refractivity (Wildman–Crippen MR) is 89.9 cm³/mol. The number of carbonyl (C=O) groups excluding carboxylic acids is 1. The third-order valence-corrected chi connectivity index (χ3v) is 4.15. The lowest BCUT2D eigenvalue weighted by molar-refractivity contribution is -0.277. The lowest BCUT2D eigenvalue weighted by Gasteiger charge is -2.39. The molecular formula is C17H18O11. The molecule has 2 heterocycles. The topological polar surface area (TPSA) is 176 Å². The summed E-state index contributed by atoms with van der Waals surface area (Å²) >= 11 is 0. The van der Waals surface area contributed by atoms with E-state index in [2.05, 4.69) is 0 Å². The van der Waals surface area contributed by atoms with Crippen molar-refractivity contribution < 1.29 is 49.0 Å². The van der Waals surface area contributed by atoms with Gasteiger partial charge in [-0.05, 0) is 12.1 Å². The largest absolute Gasteiger partial charge is 0.499 e. The number of fused-ring (bicyclic) bond motifs is 1. The van der Waals surface area contributed by atoms with Gasteiger partial charge in [-0.1, -0.05) is 0 Å². The van der Waals surface area contributed by atoms with Gasteiger partial charge in [0.15, 0.2) is 5.75 Å². The maximum atomic E-state index is 11.9. The van der Waals surface area contributed by atoms with Crippen molar-refractivity contribution in [3.05, 3.63) is 28.6 Å². The molecule has 1 fully saturated rings. The highest BCUT2D eigenvalue weighted by Gasteiger charge is 2.45. The molecule has 1 aromatic carbocycles. The smallest absolute Gasteiger partial charge is 0.382 e. The highest BCUT2D eigenvalue weighted by atomic mass is 16.7. The molecule has 0 bridgehead atoms. The highest BCUT2D eigenvalue weighted by Crippen LogP contribution is 2.36. The zero-order valence-electron chi connectivity index (χ0n) is 14.5. The molecule has 0 aliphatic carbocycles. The Labute approximate surface area is 156 Å². The Morgan fingerprint density at radius 1 is 1.18 bits per heavy atom. The maximum Gasteiger partial charge on any atom is 0.382 e. The molecule has 1 aromatic heterocycles. The van der Waals surface area contributed by atoms with Crippen molar-refractivity contribution in [1.29, 1.82) is 0 Å². The normalized spacial score (nSPS) is 27.5. The SMILES string of the molecule is CC(=O)Oc1ccc2c(O[C@@H]3O[C@H](CO)[C@H](O)[C@H](O)[C@H]3O)c(O)c(=O)oc2c1. The molecule has 3 rings (SSSR count). The molecule has 0 amide bonds. The van der Waals surface area contributed by atoms with Gasteiger partial charge in [0, 0.05) is 13.0 Å². The van der Waals surface area contributed by atoms with Gasteiger partial charge in [-0.3, -0.25) is 4.79 Å². The summed E-state index contributed by atoms with van der Waals surface area (Å²) in [7, 11) is 0. The van der Waals surface area contributed by atoms with Gasteiger partial charge < -0.3 is 44.2 Å². The standard InChI is InChI=1S/C17H18O11/c1-6(19)25-7-2-3-8-9(4-7)26-16(24)14(23)15(8)28-17-13(22)12(21)11(20)10(5-18)27-17/h2-4,10-13,17-18,20-23H,5H2,1H3/t10-,11+,12+,13-,17+/m1/s1. The minimum absolute atomic E-state index is 0.0740. The number of hydrogen-bond donors (Lipinski definition) is 5. The van der Waals surface area contributed by atoms with E-state index in [9.17, 15) is 35.1 Å². The fraction of sp³-hybridized carbons (Fsp3) is 0.412. The summed E-state index contributed by atoms with van der Waals surface area (Å²) in [5.74, 6) is -1.87. The summed E-state index contributed by atoms with van der Waals surface area (Å²) in [6.45, 7) is 0.505. The minimum Gasteiger partial charge on any atom is -0.499 e. The molecule has 5 atom stereocenters. The van der Waals surface area contributed by atoms with Gasteiger partial charge in [-0.15, -0.1) is 0 Å². The van der Waals surface area contributed by atoms with Crippen molar-refractivity contribution >= 4 is 16.9 Å². The van der Waals surface area contributed by atoms with Gasteiger partial charge in [0.1, 0.15) is 35.7 Å². The van der Waals surface area contributed by atoms with Gasteiger partial charge in [0.25, 0.3) is 0 Å². The molecular weight excluding hydrogens is 380 g/mol. The van der Waals surface area contributed by atoms with E-state index in [4.69, 9.17) is 18.6 Å². The number of esters is 1. The summed E-state index contributed by atoms with van der Waals surface area (Å²) in [5.41, 5.74) is -1.27. The number of ether oxygens (including phenoxy) is 3. The molecule has 28 heavy (non-hydrogen) atoms. The van der Waals surface area contributed by atoms with Crippen molar-refractivity contribution in [2.24, 2.45) is 0 Å². The van der Waals surface area contributed by atoms with Gasteiger partial charge >= 0.3 is 11.6 Å². The second kappa shape index (κ2) is 7.73. The van der Waals surface area contributed by atoms with Gasteiger partial charge in [-0.2, -0.15) is 0 Å². The molecule has 5 N–H and O–H groups in total. The molecule has 0 saturated carbocycles. The number of hydrogen-bond acceptors (Lipinski definition) is 11. The average molecular weight is 398 g/mol. The van der Waals surface area contributed by atoms with Crippen LogP contribution in [0, 0.1) is 0 Å². The van der Waals surface area contributed by atoms with Crippen molar-refractivity contribution in [2.45, 2.75) is 37.6 Å². The Morgan fingerprint density at radius 2 is 1.89 bits per heavy atom.